The lowest BCUT2D eigenvalue weighted by atomic mass is 10.2. The second-order valence-corrected chi connectivity index (χ2v) is 8.55. The van der Waals surface area contributed by atoms with Crippen molar-refractivity contribution < 1.29 is 22.7 Å². The number of anilines is 1. The molecule has 9 heteroatoms. The SMILES string of the molecule is COc1ccc(OC)c(NC(=O)CN2CCN(S(=O)(=O)c3ccccc3)CC2)c1. The first-order chi connectivity index (χ1) is 13.9. The third kappa shape index (κ3) is 5.06. The quantitative estimate of drug-likeness (QED) is 0.734. The number of amides is 1. The molecular weight excluding hydrogens is 394 g/mol. The third-order valence-corrected chi connectivity index (χ3v) is 6.67. The van der Waals surface area contributed by atoms with E-state index in [0.717, 1.165) is 0 Å². The average Bonchev–Trinajstić information content (AvgIpc) is 2.74. The Morgan fingerprint density at radius 1 is 1.00 bits per heavy atom. The predicted octanol–water partition coefficient (Wildman–Crippen LogP) is 1.65. The first kappa shape index (κ1) is 21.1. The summed E-state index contributed by atoms with van der Waals surface area (Å²) in [6, 6.07) is 13.6. The van der Waals surface area contributed by atoms with Gasteiger partial charge in [-0.3, -0.25) is 9.69 Å². The Morgan fingerprint density at radius 2 is 1.69 bits per heavy atom. The Balaban J connectivity index is 1.57. The number of carbonyl (C=O) groups excluding carboxylic acids is 1. The number of rotatable bonds is 7. The normalized spacial score (nSPS) is 15.7. The van der Waals surface area contributed by atoms with Gasteiger partial charge in [0.05, 0.1) is 31.3 Å². The lowest BCUT2D eigenvalue weighted by Crippen LogP contribution is -2.50. The maximum atomic E-state index is 12.7. The molecule has 1 aliphatic heterocycles. The molecule has 0 unspecified atom stereocenters. The summed E-state index contributed by atoms with van der Waals surface area (Å²) in [5.41, 5.74) is 0.530. The van der Waals surface area contributed by atoms with E-state index in [-0.39, 0.29) is 17.3 Å². The molecule has 0 saturated carbocycles. The number of nitrogens with one attached hydrogen (secondary N) is 1. The van der Waals surface area contributed by atoms with Gasteiger partial charge >= 0.3 is 0 Å². The van der Waals surface area contributed by atoms with Gasteiger partial charge in [-0.25, -0.2) is 8.42 Å². The molecule has 1 fully saturated rings. The minimum absolute atomic E-state index is 0.166. The van der Waals surface area contributed by atoms with Gasteiger partial charge in [0, 0.05) is 32.2 Å². The standard InChI is InChI=1S/C20H25N3O5S/c1-27-16-8-9-19(28-2)18(14-16)21-20(24)15-22-10-12-23(13-11-22)29(25,26)17-6-4-3-5-7-17/h3-9,14H,10-13,15H2,1-2H3,(H,21,24). The minimum atomic E-state index is -3.50. The van der Waals surface area contributed by atoms with Crippen LogP contribution in [-0.2, 0) is 14.8 Å². The van der Waals surface area contributed by atoms with E-state index in [1.54, 1.807) is 55.6 Å². The smallest absolute Gasteiger partial charge is 0.243 e. The highest BCUT2D eigenvalue weighted by Crippen LogP contribution is 2.28. The van der Waals surface area contributed by atoms with Gasteiger partial charge in [-0.1, -0.05) is 18.2 Å². The predicted molar refractivity (Wildman–Crippen MR) is 110 cm³/mol. The molecule has 29 heavy (non-hydrogen) atoms. The number of nitrogens with zero attached hydrogens (tertiary/aromatic N) is 2. The van der Waals surface area contributed by atoms with Crippen molar-refractivity contribution in [3.8, 4) is 11.5 Å². The Labute approximate surface area is 171 Å². The minimum Gasteiger partial charge on any atom is -0.497 e. The largest absolute Gasteiger partial charge is 0.497 e. The van der Waals surface area contributed by atoms with Crippen LogP contribution in [0.3, 0.4) is 0 Å². The average molecular weight is 420 g/mol. The van der Waals surface area contributed by atoms with Gasteiger partial charge in [-0.15, -0.1) is 0 Å². The van der Waals surface area contributed by atoms with Crippen LogP contribution >= 0.6 is 0 Å². The lowest BCUT2D eigenvalue weighted by molar-refractivity contribution is -0.117. The van der Waals surface area contributed by atoms with Crippen molar-refractivity contribution in [2.45, 2.75) is 4.90 Å². The van der Waals surface area contributed by atoms with Crippen molar-refractivity contribution in [1.29, 1.82) is 0 Å². The molecule has 0 radical (unpaired) electrons. The number of carbonyl (C=O) groups is 1. The van der Waals surface area contributed by atoms with Crippen molar-refractivity contribution >= 4 is 21.6 Å². The Bertz CT molecular complexity index is 942. The van der Waals surface area contributed by atoms with Gasteiger partial charge in [0.2, 0.25) is 15.9 Å². The van der Waals surface area contributed by atoms with Gasteiger partial charge in [0.1, 0.15) is 11.5 Å². The topological polar surface area (TPSA) is 88.2 Å². The monoisotopic (exact) mass is 419 g/mol. The van der Waals surface area contributed by atoms with Crippen LogP contribution in [0.15, 0.2) is 53.4 Å². The van der Waals surface area contributed by atoms with E-state index in [0.29, 0.717) is 43.4 Å². The molecule has 156 valence electrons. The summed E-state index contributed by atoms with van der Waals surface area (Å²) >= 11 is 0. The van der Waals surface area contributed by atoms with Gasteiger partial charge < -0.3 is 14.8 Å². The number of benzene rings is 2. The van der Waals surface area contributed by atoms with Crippen molar-refractivity contribution in [3.63, 3.8) is 0 Å². The third-order valence-electron chi connectivity index (χ3n) is 4.76. The van der Waals surface area contributed by atoms with E-state index >= 15 is 0 Å². The van der Waals surface area contributed by atoms with Crippen molar-refractivity contribution in [2.24, 2.45) is 0 Å². The van der Waals surface area contributed by atoms with Gasteiger partial charge in [0.15, 0.2) is 0 Å². The fourth-order valence-corrected chi connectivity index (χ4v) is 4.62. The molecule has 1 N–H and O–H groups in total. The number of hydrogen-bond donors (Lipinski definition) is 1. The van der Waals surface area contributed by atoms with Gasteiger partial charge in [-0.05, 0) is 24.3 Å². The second-order valence-electron chi connectivity index (χ2n) is 6.61. The van der Waals surface area contributed by atoms with Crippen LogP contribution in [0, 0.1) is 0 Å². The molecule has 1 amide bonds. The molecule has 0 bridgehead atoms. The number of ether oxygens (including phenoxy) is 2. The van der Waals surface area contributed by atoms with E-state index in [4.69, 9.17) is 9.47 Å². The molecule has 0 aliphatic carbocycles. The highest BCUT2D eigenvalue weighted by atomic mass is 32.2. The lowest BCUT2D eigenvalue weighted by Gasteiger charge is -2.33. The summed E-state index contributed by atoms with van der Waals surface area (Å²) in [6.07, 6.45) is 0. The van der Waals surface area contributed by atoms with Gasteiger partial charge in [0.25, 0.3) is 0 Å². The molecule has 0 spiro atoms. The Kier molecular flexibility index (Phi) is 6.73. The molecule has 0 atom stereocenters. The molecule has 1 aliphatic rings. The molecule has 1 saturated heterocycles. The summed E-state index contributed by atoms with van der Waals surface area (Å²) in [5.74, 6) is 0.953. The maximum Gasteiger partial charge on any atom is 0.243 e. The summed E-state index contributed by atoms with van der Waals surface area (Å²) in [6.45, 7) is 1.81. The van der Waals surface area contributed by atoms with E-state index < -0.39 is 10.0 Å². The summed E-state index contributed by atoms with van der Waals surface area (Å²) in [5, 5.41) is 2.83. The highest BCUT2D eigenvalue weighted by Gasteiger charge is 2.29. The molecule has 0 aromatic heterocycles. The van der Waals surface area contributed by atoms with E-state index in [1.807, 2.05) is 4.90 Å². The zero-order valence-corrected chi connectivity index (χ0v) is 17.3. The molecular formula is C20H25N3O5S. The van der Waals surface area contributed by atoms with Crippen LogP contribution in [0.25, 0.3) is 0 Å². The zero-order valence-electron chi connectivity index (χ0n) is 16.5. The Morgan fingerprint density at radius 3 is 2.31 bits per heavy atom. The van der Waals surface area contributed by atoms with Crippen molar-refractivity contribution in [2.75, 3.05) is 52.3 Å². The summed E-state index contributed by atoms with van der Waals surface area (Å²) in [4.78, 5) is 14.7. The van der Waals surface area contributed by atoms with Crippen molar-refractivity contribution in [1.82, 2.24) is 9.21 Å². The molecule has 3 rings (SSSR count). The van der Waals surface area contributed by atoms with Crippen LogP contribution < -0.4 is 14.8 Å². The second kappa shape index (κ2) is 9.25. The first-order valence-electron chi connectivity index (χ1n) is 9.23. The first-order valence-corrected chi connectivity index (χ1v) is 10.7. The highest BCUT2D eigenvalue weighted by molar-refractivity contribution is 7.89. The van der Waals surface area contributed by atoms with E-state index in [1.165, 1.54) is 11.4 Å². The number of sulfonamides is 1. The summed E-state index contributed by atoms with van der Waals surface area (Å²) < 4.78 is 37.3. The Hall–Kier alpha value is -2.62. The van der Waals surface area contributed by atoms with Gasteiger partial charge in [-0.2, -0.15) is 4.31 Å². The summed E-state index contributed by atoms with van der Waals surface area (Å²) in [7, 11) is -0.420. The molecule has 2 aromatic rings. The molecule has 1 heterocycles. The fraction of sp³-hybridized carbons (Fsp3) is 0.350. The van der Waals surface area contributed by atoms with Crippen LogP contribution in [0.4, 0.5) is 5.69 Å². The van der Waals surface area contributed by atoms with Crippen LogP contribution in [0.5, 0.6) is 11.5 Å². The van der Waals surface area contributed by atoms with Crippen LogP contribution in [-0.4, -0.2) is 70.5 Å². The molecule has 2 aromatic carbocycles. The zero-order chi connectivity index (χ0) is 20.9. The van der Waals surface area contributed by atoms with Crippen molar-refractivity contribution in [3.05, 3.63) is 48.5 Å². The maximum absolute atomic E-state index is 12.7. The number of methoxy groups -OCH3 is 2. The van der Waals surface area contributed by atoms with E-state index in [9.17, 15) is 13.2 Å². The molecule has 8 nitrogen and oxygen atoms in total. The fourth-order valence-electron chi connectivity index (χ4n) is 3.17. The van der Waals surface area contributed by atoms with Crippen LogP contribution in [0.2, 0.25) is 0 Å². The number of hydrogen-bond acceptors (Lipinski definition) is 6. The van der Waals surface area contributed by atoms with Crippen LogP contribution in [0.1, 0.15) is 0 Å². The number of piperazine rings is 1. The van der Waals surface area contributed by atoms with E-state index in [2.05, 4.69) is 5.32 Å².